The summed E-state index contributed by atoms with van der Waals surface area (Å²) in [5, 5.41) is 0. The Morgan fingerprint density at radius 3 is 2.14 bits per heavy atom. The van der Waals surface area contributed by atoms with Crippen molar-refractivity contribution in [3.8, 4) is 0 Å². The van der Waals surface area contributed by atoms with Gasteiger partial charge in [-0.05, 0) is 33.9 Å². The van der Waals surface area contributed by atoms with Crippen molar-refractivity contribution in [2.24, 2.45) is 0 Å². The molecule has 84 valence electrons. The number of hydrogen-bond acceptors (Lipinski definition) is 2. The fourth-order valence-electron chi connectivity index (χ4n) is 1.41. The van der Waals surface area contributed by atoms with Gasteiger partial charge in [-0.3, -0.25) is 9.69 Å². The van der Waals surface area contributed by atoms with Gasteiger partial charge in [-0.1, -0.05) is 13.3 Å². The number of nitrogens with zero attached hydrogens (tertiary/aromatic N) is 2. The van der Waals surface area contributed by atoms with Crippen molar-refractivity contribution in [3.05, 3.63) is 0 Å². The highest BCUT2D eigenvalue weighted by Gasteiger charge is 2.11. The molecule has 1 amide bonds. The second-order valence-corrected chi connectivity index (χ2v) is 3.66. The van der Waals surface area contributed by atoms with Gasteiger partial charge in [-0.15, -0.1) is 0 Å². The smallest absolute Gasteiger partial charge is 0.236 e. The predicted molar refractivity (Wildman–Crippen MR) is 60.3 cm³/mol. The molecule has 0 aliphatic rings. The molecular weight excluding hydrogens is 176 g/mol. The number of carbonyl (C=O) groups excluding carboxylic acids is 1. The Balaban J connectivity index is 3.79. The highest BCUT2D eigenvalue weighted by Crippen LogP contribution is 1.95. The molecule has 3 nitrogen and oxygen atoms in total. The van der Waals surface area contributed by atoms with Crippen LogP contribution in [0.3, 0.4) is 0 Å². The summed E-state index contributed by atoms with van der Waals surface area (Å²) in [5.74, 6) is 0.244. The molecule has 0 rings (SSSR count). The van der Waals surface area contributed by atoms with Crippen LogP contribution >= 0.6 is 0 Å². The van der Waals surface area contributed by atoms with E-state index in [1.165, 1.54) is 12.8 Å². The fourth-order valence-corrected chi connectivity index (χ4v) is 1.41. The lowest BCUT2D eigenvalue weighted by molar-refractivity contribution is -0.131. The molecule has 0 radical (unpaired) electrons. The quantitative estimate of drug-likeness (QED) is 0.623. The maximum Gasteiger partial charge on any atom is 0.236 e. The molecule has 0 unspecified atom stereocenters. The normalized spacial score (nSPS) is 10.6. The molecule has 3 heteroatoms. The minimum absolute atomic E-state index is 0.244. The summed E-state index contributed by atoms with van der Waals surface area (Å²) in [4.78, 5) is 15.6. The number of likely N-dealkylation sites (N-methyl/N-ethyl adjacent to an activating group) is 2. The van der Waals surface area contributed by atoms with Gasteiger partial charge in [0.25, 0.3) is 0 Å². The monoisotopic (exact) mass is 200 g/mol. The van der Waals surface area contributed by atoms with Crippen molar-refractivity contribution in [2.45, 2.75) is 33.6 Å². The van der Waals surface area contributed by atoms with Crippen LogP contribution in [0.2, 0.25) is 0 Å². The molecule has 0 saturated heterocycles. The van der Waals surface area contributed by atoms with Gasteiger partial charge in [0, 0.05) is 13.1 Å². The van der Waals surface area contributed by atoms with Gasteiger partial charge in [0.15, 0.2) is 0 Å². The molecule has 0 heterocycles. The summed E-state index contributed by atoms with van der Waals surface area (Å²) < 4.78 is 0. The van der Waals surface area contributed by atoms with Crippen LogP contribution in [0.25, 0.3) is 0 Å². The van der Waals surface area contributed by atoms with Gasteiger partial charge in [0.05, 0.1) is 6.54 Å². The minimum Gasteiger partial charge on any atom is -0.342 e. The molecule has 0 atom stereocenters. The van der Waals surface area contributed by atoms with Crippen LogP contribution in [0.15, 0.2) is 0 Å². The first kappa shape index (κ1) is 13.4. The molecule has 0 aromatic rings. The third-order valence-electron chi connectivity index (χ3n) is 2.41. The standard InChI is InChI=1S/C11H24N2O/c1-5-8-9-12(4)10-11(14)13(6-2)7-3/h5-10H2,1-4H3. The Labute approximate surface area is 88.1 Å². The number of carbonyl (C=O) groups is 1. The lowest BCUT2D eigenvalue weighted by atomic mass is 10.3. The second-order valence-electron chi connectivity index (χ2n) is 3.66. The average Bonchev–Trinajstić information content (AvgIpc) is 2.16. The second kappa shape index (κ2) is 7.80. The highest BCUT2D eigenvalue weighted by molar-refractivity contribution is 5.78. The summed E-state index contributed by atoms with van der Waals surface area (Å²) in [6.45, 7) is 9.42. The zero-order valence-corrected chi connectivity index (χ0v) is 10.0. The average molecular weight is 200 g/mol. The molecule has 0 bridgehead atoms. The van der Waals surface area contributed by atoms with Crippen molar-refractivity contribution in [1.29, 1.82) is 0 Å². The summed E-state index contributed by atoms with van der Waals surface area (Å²) in [6, 6.07) is 0. The molecule has 0 aromatic carbocycles. The topological polar surface area (TPSA) is 23.6 Å². The van der Waals surface area contributed by atoms with Crippen molar-refractivity contribution < 1.29 is 4.79 Å². The van der Waals surface area contributed by atoms with Crippen LogP contribution in [-0.2, 0) is 4.79 Å². The van der Waals surface area contributed by atoms with Crippen molar-refractivity contribution in [2.75, 3.05) is 33.2 Å². The largest absolute Gasteiger partial charge is 0.342 e. The Hall–Kier alpha value is -0.570. The highest BCUT2D eigenvalue weighted by atomic mass is 16.2. The van der Waals surface area contributed by atoms with E-state index in [2.05, 4.69) is 11.8 Å². The van der Waals surface area contributed by atoms with Crippen molar-refractivity contribution in [3.63, 3.8) is 0 Å². The van der Waals surface area contributed by atoms with E-state index in [0.29, 0.717) is 6.54 Å². The third-order valence-corrected chi connectivity index (χ3v) is 2.41. The van der Waals surface area contributed by atoms with Crippen LogP contribution in [-0.4, -0.2) is 48.9 Å². The lowest BCUT2D eigenvalue weighted by Gasteiger charge is -2.22. The van der Waals surface area contributed by atoms with E-state index >= 15 is 0 Å². The molecule has 0 aromatic heterocycles. The number of amides is 1. The van der Waals surface area contributed by atoms with Crippen molar-refractivity contribution in [1.82, 2.24) is 9.80 Å². The van der Waals surface area contributed by atoms with Gasteiger partial charge >= 0.3 is 0 Å². The van der Waals surface area contributed by atoms with E-state index < -0.39 is 0 Å². The van der Waals surface area contributed by atoms with Gasteiger partial charge in [0.2, 0.25) is 5.91 Å². The number of rotatable bonds is 7. The van der Waals surface area contributed by atoms with Crippen LogP contribution in [0.4, 0.5) is 0 Å². The molecule has 0 fully saturated rings. The predicted octanol–water partition coefficient (Wildman–Crippen LogP) is 1.59. The molecular formula is C11H24N2O. The molecule has 14 heavy (non-hydrogen) atoms. The summed E-state index contributed by atoms with van der Waals surface area (Å²) in [7, 11) is 2.01. The zero-order chi connectivity index (χ0) is 11.0. The van der Waals surface area contributed by atoms with E-state index in [9.17, 15) is 4.79 Å². The van der Waals surface area contributed by atoms with Gasteiger partial charge in [-0.25, -0.2) is 0 Å². The molecule has 0 N–H and O–H groups in total. The van der Waals surface area contributed by atoms with E-state index in [-0.39, 0.29) is 5.91 Å². The molecule has 0 spiro atoms. The fraction of sp³-hybridized carbons (Fsp3) is 0.909. The van der Waals surface area contributed by atoms with Crippen LogP contribution in [0.1, 0.15) is 33.6 Å². The first-order valence-electron chi connectivity index (χ1n) is 5.61. The van der Waals surface area contributed by atoms with E-state index in [4.69, 9.17) is 0 Å². The van der Waals surface area contributed by atoms with Gasteiger partial charge < -0.3 is 4.90 Å². The Kier molecular flexibility index (Phi) is 7.48. The van der Waals surface area contributed by atoms with E-state index in [0.717, 1.165) is 19.6 Å². The summed E-state index contributed by atoms with van der Waals surface area (Å²) in [6.07, 6.45) is 2.35. The van der Waals surface area contributed by atoms with E-state index in [1.54, 1.807) is 0 Å². The van der Waals surface area contributed by atoms with Crippen LogP contribution in [0, 0.1) is 0 Å². The van der Waals surface area contributed by atoms with Crippen LogP contribution < -0.4 is 0 Å². The molecule has 0 aliphatic heterocycles. The number of unbranched alkanes of at least 4 members (excludes halogenated alkanes) is 1. The Morgan fingerprint density at radius 1 is 1.14 bits per heavy atom. The first-order chi connectivity index (χ1) is 6.65. The third kappa shape index (κ3) is 5.22. The van der Waals surface area contributed by atoms with Crippen molar-refractivity contribution >= 4 is 5.91 Å². The van der Waals surface area contributed by atoms with Gasteiger partial charge in [-0.2, -0.15) is 0 Å². The van der Waals surface area contributed by atoms with E-state index in [1.807, 2.05) is 25.8 Å². The van der Waals surface area contributed by atoms with Crippen LogP contribution in [0.5, 0.6) is 0 Å². The SMILES string of the molecule is CCCCN(C)CC(=O)N(CC)CC. The van der Waals surface area contributed by atoms with Gasteiger partial charge in [0.1, 0.15) is 0 Å². The maximum absolute atomic E-state index is 11.7. The minimum atomic E-state index is 0.244. The zero-order valence-electron chi connectivity index (χ0n) is 10.0. The molecule has 0 saturated carbocycles. The summed E-state index contributed by atoms with van der Waals surface area (Å²) >= 11 is 0. The molecule has 0 aliphatic carbocycles. The summed E-state index contributed by atoms with van der Waals surface area (Å²) in [5.41, 5.74) is 0. The Bertz CT molecular complexity index is 155. The first-order valence-corrected chi connectivity index (χ1v) is 5.61. The number of hydrogen-bond donors (Lipinski definition) is 0. The Morgan fingerprint density at radius 2 is 1.71 bits per heavy atom. The maximum atomic E-state index is 11.7. The lowest BCUT2D eigenvalue weighted by Crippen LogP contribution is -2.39.